The minimum atomic E-state index is -0.490. The molecule has 4 rings (SSSR count). The Bertz CT molecular complexity index is 1030. The lowest BCUT2D eigenvalue weighted by molar-refractivity contribution is 0.0533. The van der Waals surface area contributed by atoms with Crippen LogP contribution in [0.1, 0.15) is 27.1 Å². The van der Waals surface area contributed by atoms with E-state index in [-0.39, 0.29) is 19.1 Å². The van der Waals surface area contributed by atoms with Gasteiger partial charge in [0.05, 0.1) is 12.3 Å². The molecule has 0 atom stereocenters. The van der Waals surface area contributed by atoms with Crippen LogP contribution >= 0.6 is 11.3 Å². The summed E-state index contributed by atoms with van der Waals surface area (Å²) in [6.45, 7) is 2.16. The van der Waals surface area contributed by atoms with Gasteiger partial charge in [-0.3, -0.25) is 9.78 Å². The van der Waals surface area contributed by atoms with Gasteiger partial charge < -0.3 is 19.5 Å². The highest BCUT2D eigenvalue weighted by Crippen LogP contribution is 2.40. The summed E-state index contributed by atoms with van der Waals surface area (Å²) in [5, 5.41) is 2.76. The summed E-state index contributed by atoms with van der Waals surface area (Å²) in [5.41, 5.74) is 1.48. The van der Waals surface area contributed by atoms with Crippen LogP contribution in [0.5, 0.6) is 11.5 Å². The Labute approximate surface area is 164 Å². The van der Waals surface area contributed by atoms with Crippen molar-refractivity contribution in [2.75, 3.05) is 18.7 Å². The van der Waals surface area contributed by atoms with Crippen LogP contribution in [0.25, 0.3) is 10.4 Å². The number of ether oxygens (including phenoxy) is 3. The van der Waals surface area contributed by atoms with E-state index in [2.05, 4.69) is 10.3 Å². The standard InChI is InChI=1S/C20H16N2O5S/c1-2-25-20(24)18-14(22-19(23)13-5-3-4-8-21-13)10-17(28-18)12-6-7-15-16(9-12)27-11-26-15/h3-10H,2,11H2,1H3,(H,22,23). The van der Waals surface area contributed by atoms with Crippen LogP contribution in [0.3, 0.4) is 0 Å². The lowest BCUT2D eigenvalue weighted by Gasteiger charge is -2.05. The summed E-state index contributed by atoms with van der Waals surface area (Å²) in [6, 6.07) is 12.3. The SMILES string of the molecule is CCOC(=O)c1sc(-c2ccc3c(c2)OCO3)cc1NC(=O)c1ccccn1. The van der Waals surface area contributed by atoms with E-state index in [1.807, 2.05) is 18.2 Å². The Morgan fingerprint density at radius 3 is 2.82 bits per heavy atom. The second-order valence-electron chi connectivity index (χ2n) is 5.81. The molecule has 142 valence electrons. The second-order valence-corrected chi connectivity index (χ2v) is 6.86. The van der Waals surface area contributed by atoms with Gasteiger partial charge in [0.1, 0.15) is 10.6 Å². The molecule has 8 heteroatoms. The van der Waals surface area contributed by atoms with Crippen molar-refractivity contribution in [3.05, 3.63) is 59.2 Å². The molecule has 28 heavy (non-hydrogen) atoms. The molecule has 1 aliphatic heterocycles. The number of carbonyl (C=O) groups is 2. The molecule has 0 fully saturated rings. The topological polar surface area (TPSA) is 86.8 Å². The normalized spacial score (nSPS) is 11.9. The van der Waals surface area contributed by atoms with Crippen molar-refractivity contribution >= 4 is 28.9 Å². The first-order chi connectivity index (χ1) is 13.7. The van der Waals surface area contributed by atoms with Crippen LogP contribution in [0.4, 0.5) is 5.69 Å². The Morgan fingerprint density at radius 2 is 2.04 bits per heavy atom. The van der Waals surface area contributed by atoms with Crippen molar-refractivity contribution in [1.82, 2.24) is 4.98 Å². The van der Waals surface area contributed by atoms with Gasteiger partial charge in [-0.15, -0.1) is 11.3 Å². The van der Waals surface area contributed by atoms with Crippen molar-refractivity contribution < 1.29 is 23.8 Å². The quantitative estimate of drug-likeness (QED) is 0.657. The monoisotopic (exact) mass is 396 g/mol. The fraction of sp³-hybridized carbons (Fsp3) is 0.150. The second kappa shape index (κ2) is 7.69. The summed E-state index contributed by atoms with van der Waals surface area (Å²) in [4.78, 5) is 30.0. The largest absolute Gasteiger partial charge is 0.462 e. The molecule has 3 aromatic rings. The van der Waals surface area contributed by atoms with E-state index in [1.54, 1.807) is 31.2 Å². The zero-order valence-corrected chi connectivity index (χ0v) is 15.7. The fourth-order valence-corrected chi connectivity index (χ4v) is 3.71. The molecule has 0 spiro atoms. The third-order valence-corrected chi connectivity index (χ3v) is 5.16. The number of amides is 1. The maximum atomic E-state index is 12.5. The van der Waals surface area contributed by atoms with Crippen LogP contribution < -0.4 is 14.8 Å². The van der Waals surface area contributed by atoms with Crippen LogP contribution in [-0.2, 0) is 4.74 Å². The van der Waals surface area contributed by atoms with Crippen molar-refractivity contribution in [2.24, 2.45) is 0 Å². The lowest BCUT2D eigenvalue weighted by Crippen LogP contribution is -2.15. The first-order valence-corrected chi connectivity index (χ1v) is 9.40. The molecule has 0 unspecified atom stereocenters. The Morgan fingerprint density at radius 1 is 1.18 bits per heavy atom. The van der Waals surface area contributed by atoms with Crippen LogP contribution in [0, 0.1) is 0 Å². The molecule has 0 aliphatic carbocycles. The number of hydrogen-bond donors (Lipinski definition) is 1. The van der Waals surface area contributed by atoms with E-state index in [1.165, 1.54) is 17.5 Å². The lowest BCUT2D eigenvalue weighted by atomic mass is 10.1. The minimum Gasteiger partial charge on any atom is -0.462 e. The van der Waals surface area contributed by atoms with Crippen molar-refractivity contribution in [1.29, 1.82) is 0 Å². The van der Waals surface area contributed by atoms with Gasteiger partial charge in [-0.1, -0.05) is 6.07 Å². The molecule has 3 heterocycles. The first-order valence-electron chi connectivity index (χ1n) is 8.59. The fourth-order valence-electron chi connectivity index (χ4n) is 2.71. The maximum Gasteiger partial charge on any atom is 0.350 e. The van der Waals surface area contributed by atoms with Crippen molar-refractivity contribution in [3.63, 3.8) is 0 Å². The number of benzene rings is 1. The van der Waals surface area contributed by atoms with Crippen LogP contribution in [0.15, 0.2) is 48.7 Å². The summed E-state index contributed by atoms with van der Waals surface area (Å²) < 4.78 is 15.9. The number of rotatable bonds is 5. The number of thiophene rings is 1. The number of nitrogens with one attached hydrogen (secondary N) is 1. The zero-order valence-electron chi connectivity index (χ0n) is 14.9. The highest BCUT2D eigenvalue weighted by atomic mass is 32.1. The molecule has 0 saturated carbocycles. The zero-order chi connectivity index (χ0) is 19.5. The molecule has 1 aliphatic rings. The Balaban J connectivity index is 1.68. The summed E-state index contributed by atoms with van der Waals surface area (Å²) in [6.07, 6.45) is 1.53. The van der Waals surface area contributed by atoms with Gasteiger partial charge in [0.2, 0.25) is 6.79 Å². The number of hydrogen-bond acceptors (Lipinski definition) is 7. The van der Waals surface area contributed by atoms with Gasteiger partial charge in [0, 0.05) is 11.1 Å². The average molecular weight is 396 g/mol. The molecule has 7 nitrogen and oxygen atoms in total. The van der Waals surface area contributed by atoms with Gasteiger partial charge >= 0.3 is 5.97 Å². The van der Waals surface area contributed by atoms with Crippen molar-refractivity contribution in [3.8, 4) is 21.9 Å². The maximum absolute atomic E-state index is 12.5. The van der Waals surface area contributed by atoms with Gasteiger partial charge in [-0.25, -0.2) is 4.79 Å². The number of nitrogens with zero attached hydrogens (tertiary/aromatic N) is 1. The number of esters is 1. The van der Waals surface area contributed by atoms with E-state index in [4.69, 9.17) is 14.2 Å². The predicted octanol–water partition coefficient (Wildman–Crippen LogP) is 3.97. The highest BCUT2D eigenvalue weighted by molar-refractivity contribution is 7.18. The number of aromatic nitrogens is 1. The summed E-state index contributed by atoms with van der Waals surface area (Å²) in [5.74, 6) is 0.425. The molecule has 2 aromatic heterocycles. The number of pyridine rings is 1. The van der Waals surface area contributed by atoms with Crippen LogP contribution in [0.2, 0.25) is 0 Å². The Hall–Kier alpha value is -3.39. The Kier molecular flexibility index (Phi) is 4.94. The van der Waals surface area contributed by atoms with E-state index < -0.39 is 11.9 Å². The van der Waals surface area contributed by atoms with E-state index in [0.29, 0.717) is 22.1 Å². The minimum absolute atomic E-state index is 0.183. The third-order valence-electron chi connectivity index (χ3n) is 4.00. The van der Waals surface area contributed by atoms with E-state index >= 15 is 0 Å². The van der Waals surface area contributed by atoms with Crippen molar-refractivity contribution in [2.45, 2.75) is 6.92 Å². The van der Waals surface area contributed by atoms with E-state index in [9.17, 15) is 9.59 Å². The molecule has 1 amide bonds. The molecule has 0 bridgehead atoms. The molecular formula is C20H16N2O5S. The number of fused-ring (bicyclic) bond motifs is 1. The number of anilines is 1. The molecular weight excluding hydrogens is 380 g/mol. The van der Waals surface area contributed by atoms with Gasteiger partial charge in [-0.2, -0.15) is 0 Å². The summed E-state index contributed by atoms with van der Waals surface area (Å²) >= 11 is 1.24. The van der Waals surface area contributed by atoms with Gasteiger partial charge in [0.15, 0.2) is 11.5 Å². The first kappa shape index (κ1) is 18.0. The summed E-state index contributed by atoms with van der Waals surface area (Å²) in [7, 11) is 0. The number of carbonyl (C=O) groups excluding carboxylic acids is 2. The highest BCUT2D eigenvalue weighted by Gasteiger charge is 2.22. The smallest absolute Gasteiger partial charge is 0.350 e. The van der Waals surface area contributed by atoms with E-state index in [0.717, 1.165) is 10.4 Å². The van der Waals surface area contributed by atoms with Crippen LogP contribution in [-0.4, -0.2) is 30.3 Å². The molecule has 0 radical (unpaired) electrons. The molecule has 0 saturated heterocycles. The average Bonchev–Trinajstić information content (AvgIpc) is 3.35. The van der Waals surface area contributed by atoms with Gasteiger partial charge in [0.25, 0.3) is 5.91 Å². The molecule has 1 N–H and O–H groups in total. The third kappa shape index (κ3) is 3.54. The predicted molar refractivity (Wildman–Crippen MR) is 104 cm³/mol. The van der Waals surface area contributed by atoms with Gasteiger partial charge in [-0.05, 0) is 48.9 Å². The molecule has 1 aromatic carbocycles.